The first-order chi connectivity index (χ1) is 6.27. The van der Waals surface area contributed by atoms with Crippen LogP contribution in [0.4, 0.5) is 0 Å². The van der Waals surface area contributed by atoms with Crippen LogP contribution in [0.25, 0.3) is 0 Å². The molecule has 1 heteroatoms. The average Bonchev–Trinajstić information content (AvgIpc) is 2.18. The highest BCUT2D eigenvalue weighted by molar-refractivity contribution is 5.30. The highest BCUT2D eigenvalue weighted by atomic mass is 14.5. The Morgan fingerprint density at radius 1 is 1.31 bits per heavy atom. The van der Waals surface area contributed by atoms with Crippen LogP contribution in [0.3, 0.4) is 0 Å². The van der Waals surface area contributed by atoms with Crippen LogP contribution in [-0.4, -0.2) is 0 Å². The molecule has 0 heterocycles. The molecule has 0 saturated carbocycles. The van der Waals surface area contributed by atoms with Gasteiger partial charge in [-0.15, -0.1) is 0 Å². The second kappa shape index (κ2) is 4.83. The SMILES string of the molecule is C=C(CC)Cc1ccccc1CN. The maximum atomic E-state index is 5.64. The lowest BCUT2D eigenvalue weighted by atomic mass is 9.99. The summed E-state index contributed by atoms with van der Waals surface area (Å²) in [6.45, 7) is 6.75. The lowest BCUT2D eigenvalue weighted by Crippen LogP contribution is -2.01. The van der Waals surface area contributed by atoms with Gasteiger partial charge in [-0.3, -0.25) is 0 Å². The zero-order chi connectivity index (χ0) is 9.68. The topological polar surface area (TPSA) is 26.0 Å². The third-order valence-electron chi connectivity index (χ3n) is 2.28. The number of allylic oxidation sites excluding steroid dienone is 1. The Morgan fingerprint density at radius 3 is 2.46 bits per heavy atom. The Labute approximate surface area is 80.3 Å². The van der Waals surface area contributed by atoms with Crippen LogP contribution in [0.15, 0.2) is 36.4 Å². The van der Waals surface area contributed by atoms with Crippen molar-refractivity contribution in [3.05, 3.63) is 47.5 Å². The molecule has 0 aromatic heterocycles. The molecule has 1 aromatic carbocycles. The largest absolute Gasteiger partial charge is 0.326 e. The molecule has 0 unspecified atom stereocenters. The lowest BCUT2D eigenvalue weighted by Gasteiger charge is -2.07. The van der Waals surface area contributed by atoms with Gasteiger partial charge < -0.3 is 5.73 Å². The molecule has 0 aliphatic heterocycles. The van der Waals surface area contributed by atoms with Crippen molar-refractivity contribution in [2.45, 2.75) is 26.3 Å². The van der Waals surface area contributed by atoms with Gasteiger partial charge in [0.1, 0.15) is 0 Å². The molecule has 0 amide bonds. The Hall–Kier alpha value is -1.08. The molecule has 1 nitrogen and oxygen atoms in total. The number of hydrogen-bond donors (Lipinski definition) is 1. The van der Waals surface area contributed by atoms with Gasteiger partial charge in [-0.2, -0.15) is 0 Å². The van der Waals surface area contributed by atoms with Crippen molar-refractivity contribution in [2.24, 2.45) is 5.73 Å². The van der Waals surface area contributed by atoms with E-state index in [0.29, 0.717) is 6.54 Å². The summed E-state index contributed by atoms with van der Waals surface area (Å²) >= 11 is 0. The lowest BCUT2D eigenvalue weighted by molar-refractivity contribution is 0.968. The van der Waals surface area contributed by atoms with E-state index in [1.54, 1.807) is 0 Å². The first kappa shape index (κ1) is 10.0. The molecule has 0 aliphatic carbocycles. The van der Waals surface area contributed by atoms with Crippen molar-refractivity contribution >= 4 is 0 Å². The zero-order valence-electron chi connectivity index (χ0n) is 8.22. The standard InChI is InChI=1S/C12H17N/c1-3-10(2)8-11-6-4-5-7-12(11)9-13/h4-7H,2-3,8-9,13H2,1H3. The van der Waals surface area contributed by atoms with Gasteiger partial charge in [-0.25, -0.2) is 0 Å². The molecular formula is C12H17N. The summed E-state index contributed by atoms with van der Waals surface area (Å²) in [6, 6.07) is 8.29. The first-order valence-corrected chi connectivity index (χ1v) is 4.71. The minimum atomic E-state index is 0.618. The van der Waals surface area contributed by atoms with Crippen LogP contribution in [0.5, 0.6) is 0 Å². The highest BCUT2D eigenvalue weighted by Crippen LogP contribution is 2.13. The summed E-state index contributed by atoms with van der Waals surface area (Å²) in [6.07, 6.45) is 2.00. The molecule has 0 radical (unpaired) electrons. The molecule has 70 valence electrons. The number of hydrogen-bond acceptors (Lipinski definition) is 1. The van der Waals surface area contributed by atoms with Crippen LogP contribution in [0.2, 0.25) is 0 Å². The van der Waals surface area contributed by atoms with Crippen LogP contribution in [0, 0.1) is 0 Å². The number of rotatable bonds is 4. The third kappa shape index (κ3) is 2.71. The van der Waals surface area contributed by atoms with Crippen molar-refractivity contribution in [1.29, 1.82) is 0 Å². The fraction of sp³-hybridized carbons (Fsp3) is 0.333. The van der Waals surface area contributed by atoms with E-state index < -0.39 is 0 Å². The van der Waals surface area contributed by atoms with Crippen molar-refractivity contribution in [1.82, 2.24) is 0 Å². The van der Waals surface area contributed by atoms with Gasteiger partial charge in [0.2, 0.25) is 0 Å². The maximum absolute atomic E-state index is 5.64. The molecule has 0 aliphatic rings. The van der Waals surface area contributed by atoms with E-state index >= 15 is 0 Å². The average molecular weight is 175 g/mol. The Balaban J connectivity index is 2.81. The van der Waals surface area contributed by atoms with Gasteiger partial charge in [-0.1, -0.05) is 43.3 Å². The molecule has 0 atom stereocenters. The van der Waals surface area contributed by atoms with Crippen LogP contribution >= 0.6 is 0 Å². The normalized spacial score (nSPS) is 10.0. The van der Waals surface area contributed by atoms with Gasteiger partial charge in [0, 0.05) is 6.54 Å². The van der Waals surface area contributed by atoms with E-state index in [4.69, 9.17) is 5.73 Å². The summed E-state index contributed by atoms with van der Waals surface area (Å²) < 4.78 is 0. The van der Waals surface area contributed by atoms with E-state index in [-0.39, 0.29) is 0 Å². The molecular weight excluding hydrogens is 158 g/mol. The highest BCUT2D eigenvalue weighted by Gasteiger charge is 2.00. The van der Waals surface area contributed by atoms with E-state index in [9.17, 15) is 0 Å². The van der Waals surface area contributed by atoms with Crippen LogP contribution in [-0.2, 0) is 13.0 Å². The van der Waals surface area contributed by atoms with Gasteiger partial charge in [0.25, 0.3) is 0 Å². The zero-order valence-corrected chi connectivity index (χ0v) is 8.22. The number of benzene rings is 1. The van der Waals surface area contributed by atoms with Gasteiger partial charge in [0.15, 0.2) is 0 Å². The third-order valence-corrected chi connectivity index (χ3v) is 2.28. The van der Waals surface area contributed by atoms with Crippen molar-refractivity contribution in [2.75, 3.05) is 0 Å². The molecule has 2 N–H and O–H groups in total. The molecule has 0 fully saturated rings. The predicted molar refractivity (Wildman–Crippen MR) is 57.5 cm³/mol. The van der Waals surface area contributed by atoms with E-state index in [1.165, 1.54) is 16.7 Å². The van der Waals surface area contributed by atoms with E-state index in [0.717, 1.165) is 12.8 Å². The second-order valence-electron chi connectivity index (χ2n) is 3.25. The van der Waals surface area contributed by atoms with Gasteiger partial charge >= 0.3 is 0 Å². The first-order valence-electron chi connectivity index (χ1n) is 4.71. The fourth-order valence-electron chi connectivity index (χ4n) is 1.32. The molecule has 0 spiro atoms. The van der Waals surface area contributed by atoms with Crippen molar-refractivity contribution in [3.63, 3.8) is 0 Å². The summed E-state index contributed by atoms with van der Waals surface area (Å²) in [5.41, 5.74) is 9.45. The monoisotopic (exact) mass is 175 g/mol. The Morgan fingerprint density at radius 2 is 1.92 bits per heavy atom. The van der Waals surface area contributed by atoms with Crippen LogP contribution in [0.1, 0.15) is 24.5 Å². The number of nitrogens with two attached hydrogens (primary N) is 1. The smallest absolute Gasteiger partial charge is 0.0180 e. The Bertz CT molecular complexity index is 289. The molecule has 0 saturated heterocycles. The molecule has 1 aromatic rings. The van der Waals surface area contributed by atoms with Gasteiger partial charge in [0.05, 0.1) is 0 Å². The maximum Gasteiger partial charge on any atom is 0.0180 e. The predicted octanol–water partition coefficient (Wildman–Crippen LogP) is 2.65. The second-order valence-corrected chi connectivity index (χ2v) is 3.25. The fourth-order valence-corrected chi connectivity index (χ4v) is 1.32. The quantitative estimate of drug-likeness (QED) is 0.699. The Kier molecular flexibility index (Phi) is 3.71. The minimum Gasteiger partial charge on any atom is -0.326 e. The van der Waals surface area contributed by atoms with E-state index in [1.807, 2.05) is 6.07 Å². The van der Waals surface area contributed by atoms with Gasteiger partial charge in [-0.05, 0) is 24.0 Å². The summed E-state index contributed by atoms with van der Waals surface area (Å²) in [4.78, 5) is 0. The van der Waals surface area contributed by atoms with E-state index in [2.05, 4.69) is 31.7 Å². The summed E-state index contributed by atoms with van der Waals surface area (Å²) in [5, 5.41) is 0. The molecule has 13 heavy (non-hydrogen) atoms. The minimum absolute atomic E-state index is 0.618. The van der Waals surface area contributed by atoms with Crippen molar-refractivity contribution in [3.8, 4) is 0 Å². The summed E-state index contributed by atoms with van der Waals surface area (Å²) in [7, 11) is 0. The molecule has 0 bridgehead atoms. The van der Waals surface area contributed by atoms with Crippen LogP contribution < -0.4 is 5.73 Å². The van der Waals surface area contributed by atoms with Crippen molar-refractivity contribution < 1.29 is 0 Å². The summed E-state index contributed by atoms with van der Waals surface area (Å²) in [5.74, 6) is 0. The molecule has 1 rings (SSSR count).